The van der Waals surface area contributed by atoms with Crippen LogP contribution in [-0.4, -0.2) is 17.9 Å². The normalized spacial score (nSPS) is 18.2. The number of benzene rings is 1. The van der Waals surface area contributed by atoms with E-state index in [0.717, 1.165) is 5.56 Å². The van der Waals surface area contributed by atoms with E-state index in [1.54, 1.807) is 11.4 Å². The van der Waals surface area contributed by atoms with Gasteiger partial charge in [-0.2, -0.15) is 0 Å². The van der Waals surface area contributed by atoms with Gasteiger partial charge >= 0.3 is 0 Å². The van der Waals surface area contributed by atoms with E-state index in [2.05, 4.69) is 10.6 Å². The van der Waals surface area contributed by atoms with E-state index in [9.17, 15) is 9.59 Å². The second-order valence-corrected chi connectivity index (χ2v) is 5.28. The van der Waals surface area contributed by atoms with Crippen LogP contribution >= 0.6 is 11.3 Å². The molecule has 2 amide bonds. The van der Waals surface area contributed by atoms with Crippen LogP contribution in [-0.2, 0) is 11.2 Å². The average molecular weight is 272 g/mol. The summed E-state index contributed by atoms with van der Waals surface area (Å²) in [5.41, 5.74) is 1.56. The first-order chi connectivity index (χ1) is 9.24. The van der Waals surface area contributed by atoms with Gasteiger partial charge in [-0.25, -0.2) is 0 Å². The summed E-state index contributed by atoms with van der Waals surface area (Å²) in [6.45, 7) is 0. The number of nitrogens with one attached hydrogen (secondary N) is 2. The molecule has 0 aliphatic carbocycles. The Labute approximate surface area is 114 Å². The highest BCUT2D eigenvalue weighted by Gasteiger charge is 2.28. The number of rotatable bonds is 2. The SMILES string of the molecule is O=C1NC(Cc2ccccc2)C(=O)Nc2sccc21. The molecule has 2 aromatic rings. The minimum Gasteiger partial charge on any atom is -0.340 e. The van der Waals surface area contributed by atoms with E-state index in [4.69, 9.17) is 0 Å². The molecule has 1 aromatic carbocycles. The third-order valence-electron chi connectivity index (χ3n) is 3.05. The number of thiophene rings is 1. The number of hydrogen-bond donors (Lipinski definition) is 2. The third kappa shape index (κ3) is 2.37. The van der Waals surface area contributed by atoms with Crippen molar-refractivity contribution in [2.24, 2.45) is 0 Å². The first kappa shape index (κ1) is 11.9. The Morgan fingerprint density at radius 2 is 1.89 bits per heavy atom. The molecule has 3 rings (SSSR count). The fourth-order valence-corrected chi connectivity index (χ4v) is 2.87. The Morgan fingerprint density at radius 1 is 1.11 bits per heavy atom. The van der Waals surface area contributed by atoms with Crippen LogP contribution in [0.25, 0.3) is 0 Å². The van der Waals surface area contributed by atoms with Crippen molar-refractivity contribution in [3.05, 3.63) is 52.9 Å². The van der Waals surface area contributed by atoms with Crippen molar-refractivity contribution in [1.29, 1.82) is 0 Å². The highest BCUT2D eigenvalue weighted by Crippen LogP contribution is 2.25. The lowest BCUT2D eigenvalue weighted by atomic mass is 10.1. The van der Waals surface area contributed by atoms with Crippen molar-refractivity contribution in [2.45, 2.75) is 12.5 Å². The first-order valence-corrected chi connectivity index (χ1v) is 6.85. The summed E-state index contributed by atoms with van der Waals surface area (Å²) in [6.07, 6.45) is 0.493. The van der Waals surface area contributed by atoms with Gasteiger partial charge in [0.15, 0.2) is 0 Å². The van der Waals surface area contributed by atoms with Gasteiger partial charge in [-0.15, -0.1) is 11.3 Å². The molecular weight excluding hydrogens is 260 g/mol. The molecule has 5 heteroatoms. The van der Waals surface area contributed by atoms with Crippen molar-refractivity contribution < 1.29 is 9.59 Å². The summed E-state index contributed by atoms with van der Waals surface area (Å²) in [5, 5.41) is 7.99. The van der Waals surface area contributed by atoms with Gasteiger partial charge in [0.1, 0.15) is 11.0 Å². The van der Waals surface area contributed by atoms with E-state index in [1.807, 2.05) is 30.3 Å². The average Bonchev–Trinajstić information content (AvgIpc) is 2.83. The molecule has 1 aliphatic heterocycles. The summed E-state index contributed by atoms with van der Waals surface area (Å²) < 4.78 is 0. The van der Waals surface area contributed by atoms with Gasteiger partial charge in [0, 0.05) is 6.42 Å². The van der Waals surface area contributed by atoms with Crippen LogP contribution in [0.5, 0.6) is 0 Å². The highest BCUT2D eigenvalue weighted by molar-refractivity contribution is 7.14. The Hall–Kier alpha value is -2.14. The van der Waals surface area contributed by atoms with Gasteiger partial charge in [0.2, 0.25) is 5.91 Å². The lowest BCUT2D eigenvalue weighted by Gasteiger charge is -2.14. The van der Waals surface area contributed by atoms with E-state index < -0.39 is 6.04 Å². The van der Waals surface area contributed by atoms with Crippen molar-refractivity contribution in [3.63, 3.8) is 0 Å². The van der Waals surface area contributed by atoms with Gasteiger partial charge in [0.25, 0.3) is 5.91 Å². The summed E-state index contributed by atoms with van der Waals surface area (Å²) in [4.78, 5) is 24.1. The van der Waals surface area contributed by atoms with Gasteiger partial charge in [-0.1, -0.05) is 30.3 Å². The van der Waals surface area contributed by atoms with E-state index in [0.29, 0.717) is 17.0 Å². The molecule has 1 atom stereocenters. The quantitative estimate of drug-likeness (QED) is 0.879. The molecule has 1 aliphatic rings. The van der Waals surface area contributed by atoms with Gasteiger partial charge in [-0.3, -0.25) is 9.59 Å². The minimum atomic E-state index is -0.533. The largest absolute Gasteiger partial charge is 0.340 e. The molecule has 0 spiro atoms. The third-order valence-corrected chi connectivity index (χ3v) is 3.88. The number of fused-ring (bicyclic) bond motifs is 1. The van der Waals surface area contributed by atoms with Crippen molar-refractivity contribution in [3.8, 4) is 0 Å². The van der Waals surface area contributed by atoms with Crippen LogP contribution in [0.3, 0.4) is 0 Å². The molecule has 0 saturated heterocycles. The summed E-state index contributed by atoms with van der Waals surface area (Å²) in [5.74, 6) is -0.367. The lowest BCUT2D eigenvalue weighted by Crippen LogP contribution is -2.42. The minimum absolute atomic E-state index is 0.168. The first-order valence-electron chi connectivity index (χ1n) is 5.97. The molecule has 19 heavy (non-hydrogen) atoms. The molecule has 96 valence electrons. The fourth-order valence-electron chi connectivity index (χ4n) is 2.08. The Balaban J connectivity index is 1.83. The zero-order chi connectivity index (χ0) is 13.2. The molecule has 0 bridgehead atoms. The number of anilines is 1. The number of hydrogen-bond acceptors (Lipinski definition) is 3. The molecule has 1 unspecified atom stereocenters. The summed E-state index contributed by atoms with van der Waals surface area (Å²) in [6, 6.07) is 10.8. The molecule has 2 N–H and O–H groups in total. The molecular formula is C14H12N2O2S. The van der Waals surface area contributed by atoms with Crippen LogP contribution in [0.4, 0.5) is 5.00 Å². The van der Waals surface area contributed by atoms with Gasteiger partial charge in [0.05, 0.1) is 5.56 Å². The second-order valence-electron chi connectivity index (χ2n) is 4.37. The molecule has 1 aromatic heterocycles. The topological polar surface area (TPSA) is 58.2 Å². The highest BCUT2D eigenvalue weighted by atomic mass is 32.1. The summed E-state index contributed by atoms with van der Waals surface area (Å²) in [7, 11) is 0. The van der Waals surface area contributed by atoms with Crippen LogP contribution in [0.15, 0.2) is 41.8 Å². The Bertz CT molecular complexity index is 621. The molecule has 0 saturated carbocycles. The predicted octanol–water partition coefficient (Wildman–Crippen LogP) is 2.04. The number of carbonyl (C=O) groups is 2. The second kappa shape index (κ2) is 4.85. The number of carbonyl (C=O) groups excluding carboxylic acids is 2. The Kier molecular flexibility index (Phi) is 3.05. The van der Waals surface area contributed by atoms with Crippen LogP contribution in [0.2, 0.25) is 0 Å². The fraction of sp³-hybridized carbons (Fsp3) is 0.143. The zero-order valence-electron chi connectivity index (χ0n) is 10.1. The standard InChI is InChI=1S/C14H12N2O2S/c17-12-10-6-7-19-14(10)16-13(18)11(15-12)8-9-4-2-1-3-5-9/h1-7,11H,8H2,(H,15,17)(H,16,18). The van der Waals surface area contributed by atoms with Crippen molar-refractivity contribution in [1.82, 2.24) is 5.32 Å². The van der Waals surface area contributed by atoms with Crippen LogP contribution in [0.1, 0.15) is 15.9 Å². The number of amides is 2. The smallest absolute Gasteiger partial charge is 0.254 e. The zero-order valence-corrected chi connectivity index (χ0v) is 10.9. The lowest BCUT2D eigenvalue weighted by molar-refractivity contribution is -0.117. The van der Waals surface area contributed by atoms with Crippen molar-refractivity contribution in [2.75, 3.05) is 5.32 Å². The van der Waals surface area contributed by atoms with E-state index >= 15 is 0 Å². The molecule has 4 nitrogen and oxygen atoms in total. The maximum atomic E-state index is 12.1. The monoisotopic (exact) mass is 272 g/mol. The maximum Gasteiger partial charge on any atom is 0.254 e. The maximum absolute atomic E-state index is 12.1. The summed E-state index contributed by atoms with van der Waals surface area (Å²) >= 11 is 1.36. The van der Waals surface area contributed by atoms with E-state index in [-0.39, 0.29) is 11.8 Å². The van der Waals surface area contributed by atoms with Crippen LogP contribution in [0, 0.1) is 0 Å². The van der Waals surface area contributed by atoms with Crippen molar-refractivity contribution >= 4 is 28.2 Å². The van der Waals surface area contributed by atoms with Crippen LogP contribution < -0.4 is 10.6 Å². The Morgan fingerprint density at radius 3 is 2.68 bits per heavy atom. The van der Waals surface area contributed by atoms with Gasteiger partial charge < -0.3 is 10.6 Å². The van der Waals surface area contributed by atoms with Gasteiger partial charge in [-0.05, 0) is 17.0 Å². The van der Waals surface area contributed by atoms with E-state index in [1.165, 1.54) is 11.3 Å². The molecule has 2 heterocycles. The molecule has 0 fully saturated rings. The molecule has 0 radical (unpaired) electrons. The predicted molar refractivity (Wildman–Crippen MR) is 74.3 cm³/mol.